The first-order chi connectivity index (χ1) is 15.1. The lowest BCUT2D eigenvalue weighted by molar-refractivity contribution is -0.116. The van der Waals surface area contributed by atoms with Gasteiger partial charge in [-0.25, -0.2) is 0 Å². The number of aromatic nitrogens is 2. The number of anilines is 2. The Balaban J connectivity index is 1.43. The molecular weight excluding hydrogens is 412 g/mol. The maximum absolute atomic E-state index is 12.4. The van der Waals surface area contributed by atoms with Crippen molar-refractivity contribution >= 4 is 34.0 Å². The lowest BCUT2D eigenvalue weighted by Crippen LogP contribution is -2.13. The van der Waals surface area contributed by atoms with E-state index in [9.17, 15) is 9.59 Å². The van der Waals surface area contributed by atoms with Crippen LogP contribution in [0.2, 0.25) is 0 Å². The minimum atomic E-state index is -0.265. The number of ether oxygens (including phenoxy) is 1. The number of carbonyl (C=O) groups excluding carboxylic acids is 2. The van der Waals surface area contributed by atoms with E-state index >= 15 is 0 Å². The molecule has 0 unspecified atom stereocenters. The van der Waals surface area contributed by atoms with Crippen molar-refractivity contribution < 1.29 is 14.3 Å². The number of hydrogen-bond acceptors (Lipinski definition) is 6. The number of carbonyl (C=O) groups is 2. The molecule has 2 aromatic carbocycles. The van der Waals surface area contributed by atoms with Gasteiger partial charge in [-0.1, -0.05) is 42.9 Å². The standard InChI is InChI=1S/C23H26N4O3S/c1-2-3-10-20(28)24-18-14-12-17(13-15-18)22(29)25-23-27-26-21(31-23)11-7-16-30-19-8-5-4-6-9-19/h4-6,8-9,12-15H,2-3,7,10-11,16H2,1H3,(H,24,28)(H,25,27,29). The van der Waals surface area contributed by atoms with Crippen LogP contribution in [0.3, 0.4) is 0 Å². The molecule has 0 saturated heterocycles. The quantitative estimate of drug-likeness (QED) is 0.414. The summed E-state index contributed by atoms with van der Waals surface area (Å²) in [7, 11) is 0. The Bertz CT molecular complexity index is 974. The maximum atomic E-state index is 12.4. The SMILES string of the molecule is CCCCC(=O)Nc1ccc(C(=O)Nc2nnc(CCCOc3ccccc3)s2)cc1. The molecule has 1 aromatic heterocycles. The number of para-hydroxylation sites is 1. The molecule has 3 rings (SSSR count). The first-order valence-electron chi connectivity index (χ1n) is 10.4. The highest BCUT2D eigenvalue weighted by Crippen LogP contribution is 2.19. The largest absolute Gasteiger partial charge is 0.494 e. The third-order valence-corrected chi connectivity index (χ3v) is 5.32. The number of aryl methyl sites for hydroxylation is 1. The molecule has 3 aromatic rings. The fourth-order valence-corrected chi connectivity index (χ4v) is 3.55. The van der Waals surface area contributed by atoms with Crippen LogP contribution < -0.4 is 15.4 Å². The average Bonchev–Trinajstić information content (AvgIpc) is 3.23. The molecule has 8 heteroatoms. The minimum absolute atomic E-state index is 0.0189. The zero-order valence-corrected chi connectivity index (χ0v) is 18.3. The fraction of sp³-hybridized carbons (Fsp3) is 0.304. The van der Waals surface area contributed by atoms with Crippen LogP contribution in [0.25, 0.3) is 0 Å². The summed E-state index contributed by atoms with van der Waals surface area (Å²) >= 11 is 1.35. The number of benzene rings is 2. The van der Waals surface area contributed by atoms with Crippen molar-refractivity contribution in [1.29, 1.82) is 0 Å². The van der Waals surface area contributed by atoms with Gasteiger partial charge in [0.25, 0.3) is 5.91 Å². The number of unbranched alkanes of at least 4 members (excludes halogenated alkanes) is 1. The molecule has 7 nitrogen and oxygen atoms in total. The first kappa shape index (κ1) is 22.4. The zero-order chi connectivity index (χ0) is 21.9. The molecule has 0 spiro atoms. The number of amides is 2. The van der Waals surface area contributed by atoms with Gasteiger partial charge in [0.1, 0.15) is 10.8 Å². The predicted molar refractivity (Wildman–Crippen MR) is 123 cm³/mol. The van der Waals surface area contributed by atoms with E-state index in [4.69, 9.17) is 4.74 Å². The fourth-order valence-electron chi connectivity index (χ4n) is 2.77. The van der Waals surface area contributed by atoms with Crippen molar-refractivity contribution in [3.8, 4) is 5.75 Å². The zero-order valence-electron chi connectivity index (χ0n) is 17.5. The van der Waals surface area contributed by atoms with Gasteiger partial charge >= 0.3 is 0 Å². The highest BCUT2D eigenvalue weighted by molar-refractivity contribution is 7.15. The topological polar surface area (TPSA) is 93.2 Å². The molecule has 2 N–H and O–H groups in total. The van der Waals surface area contributed by atoms with Crippen LogP contribution in [-0.4, -0.2) is 28.6 Å². The predicted octanol–water partition coefficient (Wildman–Crippen LogP) is 4.93. The lowest BCUT2D eigenvalue weighted by Gasteiger charge is -2.06. The summed E-state index contributed by atoms with van der Waals surface area (Å²) in [6.45, 7) is 2.63. The van der Waals surface area contributed by atoms with Gasteiger partial charge in [-0.05, 0) is 49.2 Å². The normalized spacial score (nSPS) is 10.5. The monoisotopic (exact) mass is 438 g/mol. The highest BCUT2D eigenvalue weighted by Gasteiger charge is 2.11. The van der Waals surface area contributed by atoms with Gasteiger partial charge in [-0.2, -0.15) is 0 Å². The minimum Gasteiger partial charge on any atom is -0.494 e. The van der Waals surface area contributed by atoms with Crippen LogP contribution in [0.5, 0.6) is 5.75 Å². The van der Waals surface area contributed by atoms with E-state index in [2.05, 4.69) is 20.8 Å². The first-order valence-corrected chi connectivity index (χ1v) is 11.2. The molecule has 0 aliphatic carbocycles. The third-order valence-electron chi connectivity index (χ3n) is 4.42. The molecule has 0 radical (unpaired) electrons. The summed E-state index contributed by atoms with van der Waals surface area (Å²) in [4.78, 5) is 24.2. The summed E-state index contributed by atoms with van der Waals surface area (Å²) < 4.78 is 5.67. The Morgan fingerprint density at radius 1 is 0.968 bits per heavy atom. The van der Waals surface area contributed by atoms with Gasteiger partial charge in [0.2, 0.25) is 11.0 Å². The third kappa shape index (κ3) is 7.49. The second kappa shape index (κ2) is 11.8. The number of nitrogens with one attached hydrogen (secondary N) is 2. The highest BCUT2D eigenvalue weighted by atomic mass is 32.1. The summed E-state index contributed by atoms with van der Waals surface area (Å²) in [5.74, 6) is 0.563. The van der Waals surface area contributed by atoms with E-state index in [1.807, 2.05) is 37.3 Å². The van der Waals surface area contributed by atoms with E-state index in [1.54, 1.807) is 24.3 Å². The molecule has 0 atom stereocenters. The van der Waals surface area contributed by atoms with Gasteiger partial charge in [-0.3, -0.25) is 14.9 Å². The van der Waals surface area contributed by atoms with Crippen LogP contribution >= 0.6 is 11.3 Å². The van der Waals surface area contributed by atoms with Crippen LogP contribution in [0.4, 0.5) is 10.8 Å². The van der Waals surface area contributed by atoms with E-state index < -0.39 is 0 Å². The molecule has 0 aliphatic rings. The van der Waals surface area contributed by atoms with Crippen molar-refractivity contribution in [1.82, 2.24) is 10.2 Å². The maximum Gasteiger partial charge on any atom is 0.257 e. The molecule has 0 saturated carbocycles. The summed E-state index contributed by atoms with van der Waals surface area (Å²) in [6.07, 6.45) is 3.86. The van der Waals surface area contributed by atoms with Crippen molar-refractivity contribution in [3.05, 3.63) is 65.2 Å². The lowest BCUT2D eigenvalue weighted by atomic mass is 10.2. The van der Waals surface area contributed by atoms with Crippen molar-refractivity contribution in [3.63, 3.8) is 0 Å². The van der Waals surface area contributed by atoms with Crippen molar-refractivity contribution in [2.24, 2.45) is 0 Å². The summed E-state index contributed by atoms with van der Waals surface area (Å²) in [6, 6.07) is 16.5. The number of nitrogens with zero attached hydrogens (tertiary/aromatic N) is 2. The van der Waals surface area contributed by atoms with E-state index in [1.165, 1.54) is 11.3 Å². The molecule has 0 fully saturated rings. The molecular formula is C23H26N4O3S. The Morgan fingerprint density at radius 2 is 1.74 bits per heavy atom. The van der Waals surface area contributed by atoms with Crippen LogP contribution in [0.1, 0.15) is 48.0 Å². The van der Waals surface area contributed by atoms with Crippen molar-refractivity contribution in [2.75, 3.05) is 17.2 Å². The summed E-state index contributed by atoms with van der Waals surface area (Å²) in [5.41, 5.74) is 1.16. The Morgan fingerprint density at radius 3 is 2.48 bits per heavy atom. The van der Waals surface area contributed by atoms with Crippen molar-refractivity contribution in [2.45, 2.75) is 39.0 Å². The molecule has 2 amide bonds. The van der Waals surface area contributed by atoms with E-state index in [-0.39, 0.29) is 11.8 Å². The second-order valence-electron chi connectivity index (χ2n) is 6.95. The Kier molecular flexibility index (Phi) is 8.54. The average molecular weight is 439 g/mol. The van der Waals surface area contributed by atoms with Crippen LogP contribution in [0, 0.1) is 0 Å². The molecule has 162 valence electrons. The number of rotatable bonds is 11. The van der Waals surface area contributed by atoms with Gasteiger partial charge in [-0.15, -0.1) is 10.2 Å². The molecule has 1 heterocycles. The van der Waals surface area contributed by atoms with Gasteiger partial charge < -0.3 is 10.1 Å². The molecule has 31 heavy (non-hydrogen) atoms. The van der Waals surface area contributed by atoms with E-state index in [0.29, 0.717) is 29.4 Å². The van der Waals surface area contributed by atoms with Crippen LogP contribution in [-0.2, 0) is 11.2 Å². The van der Waals surface area contributed by atoms with E-state index in [0.717, 1.165) is 36.4 Å². The van der Waals surface area contributed by atoms with Crippen LogP contribution in [0.15, 0.2) is 54.6 Å². The molecule has 0 bridgehead atoms. The molecule has 0 aliphatic heterocycles. The Labute approximate surface area is 185 Å². The van der Waals surface area contributed by atoms with Gasteiger partial charge in [0.05, 0.1) is 6.61 Å². The van der Waals surface area contributed by atoms with Gasteiger partial charge in [0.15, 0.2) is 0 Å². The smallest absolute Gasteiger partial charge is 0.257 e. The summed E-state index contributed by atoms with van der Waals surface area (Å²) in [5, 5.41) is 15.1. The Hall–Kier alpha value is -3.26. The second-order valence-corrected chi connectivity index (χ2v) is 8.01. The van der Waals surface area contributed by atoms with Gasteiger partial charge in [0, 0.05) is 24.1 Å². The number of hydrogen-bond donors (Lipinski definition) is 2.